The molecule has 0 radical (unpaired) electrons. The number of pyridine rings is 1. The first-order valence-corrected chi connectivity index (χ1v) is 21.0. The van der Waals surface area contributed by atoms with Crippen molar-refractivity contribution in [3.63, 3.8) is 0 Å². The van der Waals surface area contributed by atoms with Crippen molar-refractivity contribution < 1.29 is 18.8 Å². The minimum absolute atomic E-state index is 0.0887. The summed E-state index contributed by atoms with van der Waals surface area (Å²) in [6.07, 6.45) is 11.1. The molecule has 4 heterocycles. The second-order valence-electron chi connectivity index (χ2n) is 17.9. The monoisotopic (exact) mass is 780 g/mol. The van der Waals surface area contributed by atoms with E-state index in [1.807, 2.05) is 12.1 Å². The Morgan fingerprint density at radius 3 is 2.71 bits per heavy atom. The van der Waals surface area contributed by atoms with Crippen LogP contribution in [0.15, 0.2) is 59.8 Å². The van der Waals surface area contributed by atoms with Gasteiger partial charge in [-0.25, -0.2) is 9.37 Å². The quantitative estimate of drug-likeness (QED) is 0.0797. The number of ether oxygens (including phenoxy) is 1. The number of nitro groups is 1. The van der Waals surface area contributed by atoms with Crippen molar-refractivity contribution in [1.82, 2.24) is 24.5 Å². The zero-order chi connectivity index (χ0) is 38.3. The molecule has 2 aromatic carbocycles. The Bertz CT molecular complexity index is 2190. The molecule has 6 fully saturated rings. The van der Waals surface area contributed by atoms with Gasteiger partial charge >= 0.3 is 0 Å². The summed E-state index contributed by atoms with van der Waals surface area (Å²) in [5.74, 6) is 4.06. The van der Waals surface area contributed by atoms with E-state index < -0.39 is 16.6 Å². The molecule has 0 bridgehead atoms. The maximum atomic E-state index is 14.4. The molecule has 1 amide bonds. The molecule has 5 unspecified atom stereocenters. The number of nitro benzene ring substituents is 1. The lowest BCUT2D eigenvalue weighted by Crippen LogP contribution is -2.68. The predicted molar refractivity (Wildman–Crippen MR) is 215 cm³/mol. The number of hydrogen-bond acceptors (Lipinski definition) is 10. The largest absolute Gasteiger partial charge is 0.455 e. The smallest absolute Gasteiger partial charge is 0.293 e. The Morgan fingerprint density at radius 1 is 1.11 bits per heavy atom. The Morgan fingerprint density at radius 2 is 1.93 bits per heavy atom. The van der Waals surface area contributed by atoms with Gasteiger partial charge in [0.25, 0.3) is 11.6 Å². The summed E-state index contributed by atoms with van der Waals surface area (Å²) in [7, 11) is 1.62. The van der Waals surface area contributed by atoms with Gasteiger partial charge in [0.15, 0.2) is 0 Å². The first kappa shape index (κ1) is 36.0. The molecule has 10 rings (SSSR count). The van der Waals surface area contributed by atoms with Crippen LogP contribution in [0.4, 0.5) is 21.5 Å². The number of amides is 1. The van der Waals surface area contributed by atoms with Crippen LogP contribution in [0.3, 0.4) is 0 Å². The van der Waals surface area contributed by atoms with Crippen molar-refractivity contribution in [2.75, 3.05) is 63.1 Å². The fourth-order valence-electron chi connectivity index (χ4n) is 11.3. The first-order chi connectivity index (χ1) is 27.1. The molecule has 4 aliphatic carbocycles. The Labute approximate surface area is 330 Å². The molecular formula is C42H49FN8O4S. The number of hydrogen-bond donors (Lipinski definition) is 3. The first-order valence-electron chi connectivity index (χ1n) is 20.2. The van der Waals surface area contributed by atoms with E-state index in [1.54, 1.807) is 31.3 Å². The van der Waals surface area contributed by atoms with Crippen LogP contribution in [-0.4, -0.2) is 89.5 Å². The zero-order valence-electron chi connectivity index (χ0n) is 31.9. The van der Waals surface area contributed by atoms with Crippen LogP contribution in [0, 0.1) is 50.4 Å². The number of rotatable bonds is 11. The van der Waals surface area contributed by atoms with Crippen molar-refractivity contribution >= 4 is 46.0 Å². The van der Waals surface area contributed by atoms with Gasteiger partial charge in [0.05, 0.1) is 22.1 Å². The van der Waals surface area contributed by atoms with E-state index in [0.717, 1.165) is 54.4 Å². The third-order valence-corrected chi connectivity index (χ3v) is 15.0. The lowest BCUT2D eigenvalue weighted by molar-refractivity contribution is -0.384. The lowest BCUT2D eigenvalue weighted by Gasteiger charge is -2.62. The number of nitrogens with one attached hydrogen (secondary N) is 3. The highest BCUT2D eigenvalue weighted by atomic mass is 32.2. The molecule has 3 N–H and O–H groups in total. The summed E-state index contributed by atoms with van der Waals surface area (Å²) in [5.41, 5.74) is 2.74. The summed E-state index contributed by atoms with van der Waals surface area (Å²) in [4.78, 5) is 40.2. The van der Waals surface area contributed by atoms with Gasteiger partial charge in [0.1, 0.15) is 28.7 Å². The van der Waals surface area contributed by atoms with Crippen molar-refractivity contribution in [3.8, 4) is 11.5 Å². The highest BCUT2D eigenvalue weighted by Crippen LogP contribution is 2.71. The van der Waals surface area contributed by atoms with Gasteiger partial charge < -0.3 is 24.8 Å². The topological polar surface area (TPSA) is 132 Å². The number of H-pyrrole nitrogens is 1. The third-order valence-electron chi connectivity index (χ3n) is 14.2. The van der Waals surface area contributed by atoms with Crippen molar-refractivity contribution in [1.29, 1.82) is 0 Å². The molecule has 6 aliphatic rings. The summed E-state index contributed by atoms with van der Waals surface area (Å²) in [5, 5.41) is 14.7. The minimum Gasteiger partial charge on any atom is -0.455 e. The van der Waals surface area contributed by atoms with E-state index in [4.69, 9.17) is 4.74 Å². The van der Waals surface area contributed by atoms with Crippen LogP contribution in [0.5, 0.6) is 11.5 Å². The number of aromatic amines is 1. The highest BCUT2D eigenvalue weighted by Gasteiger charge is 2.64. The number of benzene rings is 2. The number of carbonyl (C=O) groups is 1. The molecule has 2 aromatic heterocycles. The Hall–Kier alpha value is -4.40. The molecule has 12 nitrogen and oxygen atoms in total. The van der Waals surface area contributed by atoms with E-state index in [2.05, 4.69) is 41.6 Å². The summed E-state index contributed by atoms with van der Waals surface area (Å²) < 4.78 is 23.5. The van der Waals surface area contributed by atoms with Crippen LogP contribution in [0.2, 0.25) is 0 Å². The molecule has 2 aliphatic heterocycles. The predicted octanol–water partition coefficient (Wildman–Crippen LogP) is 7.54. The number of aromatic nitrogens is 2. The molecule has 14 heteroatoms. The highest BCUT2D eigenvalue weighted by molar-refractivity contribution is 7.98. The average molecular weight is 781 g/mol. The number of fused-ring (bicyclic) bond motifs is 2. The van der Waals surface area contributed by atoms with E-state index in [-0.39, 0.29) is 11.3 Å². The molecular weight excluding hydrogens is 732 g/mol. The van der Waals surface area contributed by atoms with Gasteiger partial charge in [0, 0.05) is 93.2 Å². The van der Waals surface area contributed by atoms with E-state index in [1.165, 1.54) is 89.7 Å². The van der Waals surface area contributed by atoms with Crippen LogP contribution >= 0.6 is 11.9 Å². The van der Waals surface area contributed by atoms with Crippen molar-refractivity contribution in [3.05, 3.63) is 76.4 Å². The molecule has 56 heavy (non-hydrogen) atoms. The van der Waals surface area contributed by atoms with E-state index in [9.17, 15) is 19.3 Å². The van der Waals surface area contributed by atoms with Gasteiger partial charge in [-0.05, 0) is 110 Å². The molecule has 4 saturated carbocycles. The minimum atomic E-state index is -0.465. The fraction of sp³-hybridized carbons (Fsp3) is 0.524. The molecule has 294 valence electrons. The molecule has 5 atom stereocenters. The molecule has 1 spiro atoms. The number of halogens is 1. The summed E-state index contributed by atoms with van der Waals surface area (Å²) in [6.45, 7) is 10.5. The summed E-state index contributed by atoms with van der Waals surface area (Å²) in [6, 6.07) is 12.5. The molecule has 4 aromatic rings. The van der Waals surface area contributed by atoms with Crippen LogP contribution in [0.1, 0.15) is 55.8 Å². The normalized spacial score (nSPS) is 28.1. The van der Waals surface area contributed by atoms with Gasteiger partial charge in [-0.3, -0.25) is 24.5 Å². The van der Waals surface area contributed by atoms with Crippen molar-refractivity contribution in [2.45, 2.75) is 56.4 Å². The number of nitrogens with zero attached hydrogens (tertiary/aromatic N) is 5. The number of piperazine rings is 1. The Balaban J connectivity index is 0.776. The average Bonchev–Trinajstić information content (AvgIpc) is 3.62. The maximum absolute atomic E-state index is 14.4. The Kier molecular flexibility index (Phi) is 8.75. The fourth-order valence-corrected chi connectivity index (χ4v) is 11.9. The molecule has 2 saturated heterocycles. The van der Waals surface area contributed by atoms with Gasteiger partial charge in [-0.1, -0.05) is 6.92 Å². The second kappa shape index (κ2) is 13.6. The van der Waals surface area contributed by atoms with Gasteiger partial charge in [-0.15, -0.1) is 0 Å². The number of anilines is 2. The van der Waals surface area contributed by atoms with Crippen molar-refractivity contribution in [2.24, 2.45) is 34.5 Å². The van der Waals surface area contributed by atoms with Gasteiger partial charge in [-0.2, -0.15) is 0 Å². The third kappa shape index (κ3) is 6.47. The van der Waals surface area contributed by atoms with E-state index >= 15 is 0 Å². The van der Waals surface area contributed by atoms with Crippen LogP contribution < -0.4 is 19.7 Å². The second-order valence-corrected chi connectivity index (χ2v) is 18.8. The summed E-state index contributed by atoms with van der Waals surface area (Å²) >= 11 is 0.983. The van der Waals surface area contributed by atoms with Gasteiger partial charge in [0.2, 0.25) is 0 Å². The maximum Gasteiger partial charge on any atom is 0.293 e. The standard InChI is InChI=1S/C42H49FN8O4S/c1-41(8-7-30-32-13-25(17-41)38(30)32)22-48-9-11-49(12-10-48)27-18-42(19-27)23-50(24-42)26-3-5-31(37(14-26)55-28-15-33-34(43)21-46-39(33)45-20-28)40(52)47-56-29-4-6-35(44-2)36(16-29)51(53)54/h3-6,14-16,20-21,25,27,30,32,38,44H,7-13,17-19,22-24H2,1-2H3,(H,45,46)(H,47,52). The lowest BCUT2D eigenvalue weighted by atomic mass is 9.60. The van der Waals surface area contributed by atoms with Crippen LogP contribution in [0.25, 0.3) is 11.0 Å². The van der Waals surface area contributed by atoms with Crippen LogP contribution in [-0.2, 0) is 0 Å². The zero-order valence-corrected chi connectivity index (χ0v) is 32.7. The SMILES string of the molecule is CNc1ccc(SNC(=O)c2ccc(N3CC4(CC(N5CCN(CC6(C)CCC7C8CC(C6)C78)CC5)C4)C3)cc2Oc2cnc3[nH]cc(F)c3c2)cc1[N+](=O)[O-]. The van der Waals surface area contributed by atoms with E-state index in [0.29, 0.717) is 50.0 Å². The number of carbonyl (C=O) groups excluding carboxylic acids is 1.